The van der Waals surface area contributed by atoms with E-state index in [2.05, 4.69) is 6.92 Å². The summed E-state index contributed by atoms with van der Waals surface area (Å²) in [6.07, 6.45) is 7.21. The molecule has 20 heavy (non-hydrogen) atoms. The first kappa shape index (κ1) is 20.0. The number of ether oxygens (including phenoxy) is 1. The molecule has 1 heterocycles. The van der Waals surface area contributed by atoms with Crippen molar-refractivity contribution in [2.75, 3.05) is 31.7 Å². The van der Waals surface area contributed by atoms with Crippen molar-refractivity contribution in [1.29, 1.82) is 0 Å². The molecule has 1 aliphatic rings. The van der Waals surface area contributed by atoms with Crippen molar-refractivity contribution in [2.45, 2.75) is 51.2 Å². The number of amides is 1. The lowest BCUT2D eigenvalue weighted by Crippen LogP contribution is -2.44. The molecule has 1 fully saturated rings. The Bertz CT molecular complexity index is 270. The molecule has 0 aromatic rings. The third-order valence-corrected chi connectivity index (χ3v) is 4.14. The van der Waals surface area contributed by atoms with Gasteiger partial charge in [-0.2, -0.15) is 11.8 Å². The summed E-state index contributed by atoms with van der Waals surface area (Å²) >= 11 is 1.74. The zero-order valence-corrected chi connectivity index (χ0v) is 14.3. The summed E-state index contributed by atoms with van der Waals surface area (Å²) in [5, 5.41) is 0. The molecule has 4 nitrogen and oxygen atoms in total. The van der Waals surface area contributed by atoms with Gasteiger partial charge in [0.2, 0.25) is 5.91 Å². The number of hydrogen-bond donors (Lipinski definition) is 1. The lowest BCUT2D eigenvalue weighted by molar-refractivity contribution is -0.132. The molecule has 2 N–H and O–H groups in total. The lowest BCUT2D eigenvalue weighted by atomic mass is 10.1. The predicted octanol–water partition coefficient (Wildman–Crippen LogP) is 2.30. The molecule has 0 saturated carbocycles. The number of nitrogens with two attached hydrogens (primary N) is 1. The molecule has 120 valence electrons. The Morgan fingerprint density at radius 3 is 2.85 bits per heavy atom. The van der Waals surface area contributed by atoms with E-state index in [1.807, 2.05) is 11.2 Å². The summed E-state index contributed by atoms with van der Waals surface area (Å²) in [6.45, 7) is 4.57. The third kappa shape index (κ3) is 7.16. The van der Waals surface area contributed by atoms with Crippen molar-refractivity contribution in [1.82, 2.24) is 4.90 Å². The van der Waals surface area contributed by atoms with Crippen LogP contribution in [0.15, 0.2) is 0 Å². The van der Waals surface area contributed by atoms with Crippen LogP contribution in [0.4, 0.5) is 0 Å². The van der Waals surface area contributed by atoms with E-state index in [0.29, 0.717) is 6.10 Å². The number of nitrogens with zero attached hydrogens (tertiary/aromatic N) is 1. The van der Waals surface area contributed by atoms with Gasteiger partial charge in [-0.05, 0) is 44.1 Å². The van der Waals surface area contributed by atoms with Crippen molar-refractivity contribution < 1.29 is 9.53 Å². The van der Waals surface area contributed by atoms with E-state index in [9.17, 15) is 4.79 Å². The average Bonchev–Trinajstić information content (AvgIpc) is 2.67. The molecular formula is C14H29ClN2O2S. The monoisotopic (exact) mass is 324 g/mol. The minimum absolute atomic E-state index is 0. The van der Waals surface area contributed by atoms with Crippen LogP contribution in [-0.4, -0.2) is 54.7 Å². The van der Waals surface area contributed by atoms with Crippen LogP contribution < -0.4 is 5.73 Å². The van der Waals surface area contributed by atoms with Crippen LogP contribution in [0.25, 0.3) is 0 Å². The molecule has 1 unspecified atom stereocenters. The van der Waals surface area contributed by atoms with Gasteiger partial charge in [-0.1, -0.05) is 6.92 Å². The van der Waals surface area contributed by atoms with Crippen molar-refractivity contribution in [3.8, 4) is 0 Å². The minimum atomic E-state index is -0.333. The highest BCUT2D eigenvalue weighted by Crippen LogP contribution is 2.15. The number of rotatable bonds is 7. The molecule has 0 aromatic heterocycles. The Kier molecular flexibility index (Phi) is 11.7. The van der Waals surface area contributed by atoms with Gasteiger partial charge in [-0.25, -0.2) is 0 Å². The number of halogens is 1. The standard InChI is InChI=1S/C14H28N2O2S.ClH/c1-3-10-18-12-5-4-8-16(9-6-12)14(17)13(15)7-11-19-2;/h12-13H,3-11,15H2,1-2H3;1H/t12?,13-;/m0./s1. The Morgan fingerprint density at radius 2 is 2.20 bits per heavy atom. The van der Waals surface area contributed by atoms with E-state index in [0.717, 1.165) is 57.6 Å². The van der Waals surface area contributed by atoms with E-state index >= 15 is 0 Å². The van der Waals surface area contributed by atoms with E-state index in [1.54, 1.807) is 11.8 Å². The highest BCUT2D eigenvalue weighted by Gasteiger charge is 2.24. The average molecular weight is 325 g/mol. The molecule has 6 heteroatoms. The van der Waals surface area contributed by atoms with Crippen molar-refractivity contribution in [2.24, 2.45) is 5.73 Å². The SMILES string of the molecule is CCCOC1CCCN(C(=O)[C@@H](N)CCSC)CC1.Cl. The molecule has 1 amide bonds. The molecular weight excluding hydrogens is 296 g/mol. The second kappa shape index (κ2) is 11.7. The quantitative estimate of drug-likeness (QED) is 0.780. The zero-order chi connectivity index (χ0) is 14.1. The first-order chi connectivity index (χ1) is 9.19. The highest BCUT2D eigenvalue weighted by molar-refractivity contribution is 7.98. The fourth-order valence-corrected chi connectivity index (χ4v) is 2.83. The largest absolute Gasteiger partial charge is 0.378 e. The number of carbonyl (C=O) groups is 1. The third-order valence-electron chi connectivity index (χ3n) is 3.49. The number of hydrogen-bond acceptors (Lipinski definition) is 4. The van der Waals surface area contributed by atoms with Gasteiger partial charge in [-0.3, -0.25) is 4.79 Å². The van der Waals surface area contributed by atoms with Gasteiger partial charge in [0.15, 0.2) is 0 Å². The number of carbonyl (C=O) groups excluding carboxylic acids is 1. The summed E-state index contributed by atoms with van der Waals surface area (Å²) in [5.41, 5.74) is 5.96. The fraction of sp³-hybridized carbons (Fsp3) is 0.929. The zero-order valence-electron chi connectivity index (χ0n) is 12.7. The van der Waals surface area contributed by atoms with Crippen LogP contribution in [0.3, 0.4) is 0 Å². The van der Waals surface area contributed by atoms with Gasteiger partial charge < -0.3 is 15.4 Å². The molecule has 1 aliphatic heterocycles. The van der Waals surface area contributed by atoms with Crippen LogP contribution in [0, 0.1) is 0 Å². The maximum Gasteiger partial charge on any atom is 0.239 e. The maximum atomic E-state index is 12.2. The molecule has 1 saturated heterocycles. The summed E-state index contributed by atoms with van der Waals surface area (Å²) in [5.74, 6) is 1.06. The molecule has 1 rings (SSSR count). The van der Waals surface area contributed by atoms with Crippen LogP contribution in [-0.2, 0) is 9.53 Å². The van der Waals surface area contributed by atoms with Gasteiger partial charge in [0, 0.05) is 19.7 Å². The molecule has 0 radical (unpaired) electrons. The molecule has 0 aliphatic carbocycles. The number of likely N-dealkylation sites (tertiary alicyclic amines) is 1. The minimum Gasteiger partial charge on any atom is -0.378 e. The molecule has 0 bridgehead atoms. The molecule has 0 spiro atoms. The highest BCUT2D eigenvalue weighted by atomic mass is 35.5. The Labute approximate surface area is 133 Å². The maximum absolute atomic E-state index is 12.2. The van der Waals surface area contributed by atoms with Crippen molar-refractivity contribution in [3.05, 3.63) is 0 Å². The van der Waals surface area contributed by atoms with Crippen LogP contribution in [0.1, 0.15) is 39.0 Å². The van der Waals surface area contributed by atoms with Gasteiger partial charge in [0.05, 0.1) is 12.1 Å². The molecule has 0 aromatic carbocycles. The second-order valence-corrected chi connectivity index (χ2v) is 6.12. The smallest absolute Gasteiger partial charge is 0.239 e. The normalized spacial score (nSPS) is 20.9. The summed E-state index contributed by atoms with van der Waals surface area (Å²) in [7, 11) is 0. The topological polar surface area (TPSA) is 55.6 Å². The Balaban J connectivity index is 0.00000361. The van der Waals surface area contributed by atoms with E-state index in [-0.39, 0.29) is 24.4 Å². The summed E-state index contributed by atoms with van der Waals surface area (Å²) in [4.78, 5) is 14.2. The van der Waals surface area contributed by atoms with Gasteiger partial charge in [-0.15, -0.1) is 12.4 Å². The van der Waals surface area contributed by atoms with Crippen LogP contribution in [0.2, 0.25) is 0 Å². The number of thioether (sulfide) groups is 1. The lowest BCUT2D eigenvalue weighted by Gasteiger charge is -2.24. The Hall–Kier alpha value is 0.0300. The van der Waals surface area contributed by atoms with Crippen molar-refractivity contribution in [3.63, 3.8) is 0 Å². The summed E-state index contributed by atoms with van der Waals surface area (Å²) in [6, 6.07) is -0.333. The molecule has 2 atom stereocenters. The second-order valence-electron chi connectivity index (χ2n) is 5.14. The van der Waals surface area contributed by atoms with Gasteiger partial charge >= 0.3 is 0 Å². The predicted molar refractivity (Wildman–Crippen MR) is 88.7 cm³/mol. The van der Waals surface area contributed by atoms with Crippen LogP contribution in [0.5, 0.6) is 0 Å². The fourth-order valence-electron chi connectivity index (χ4n) is 2.34. The summed E-state index contributed by atoms with van der Waals surface area (Å²) < 4.78 is 5.79. The van der Waals surface area contributed by atoms with Gasteiger partial charge in [0.25, 0.3) is 0 Å². The van der Waals surface area contributed by atoms with E-state index < -0.39 is 0 Å². The van der Waals surface area contributed by atoms with Gasteiger partial charge in [0.1, 0.15) is 0 Å². The van der Waals surface area contributed by atoms with Crippen LogP contribution >= 0.6 is 24.2 Å². The first-order valence-electron chi connectivity index (χ1n) is 7.34. The first-order valence-corrected chi connectivity index (χ1v) is 8.73. The van der Waals surface area contributed by atoms with E-state index in [1.165, 1.54) is 0 Å². The Morgan fingerprint density at radius 1 is 1.45 bits per heavy atom. The van der Waals surface area contributed by atoms with Crippen molar-refractivity contribution >= 4 is 30.1 Å². The van der Waals surface area contributed by atoms with E-state index in [4.69, 9.17) is 10.5 Å².